The highest BCUT2D eigenvalue weighted by Gasteiger charge is 2.18. The van der Waals surface area contributed by atoms with Crippen molar-refractivity contribution in [1.29, 1.82) is 0 Å². The molecule has 0 aliphatic heterocycles. The lowest BCUT2D eigenvalue weighted by Gasteiger charge is -2.08. The molecule has 0 radical (unpaired) electrons. The second-order valence-electron chi connectivity index (χ2n) is 4.12. The molecule has 82 valence electrons. The van der Waals surface area contributed by atoms with Crippen LogP contribution in [0.2, 0.25) is 0 Å². The van der Waals surface area contributed by atoms with Gasteiger partial charge in [0.2, 0.25) is 0 Å². The SMILES string of the molecule is O=S(CC1CCCC1)c1ccc(F)cc1. The van der Waals surface area contributed by atoms with Crippen LogP contribution in [0.1, 0.15) is 25.7 Å². The van der Waals surface area contributed by atoms with E-state index in [-0.39, 0.29) is 5.82 Å². The van der Waals surface area contributed by atoms with Crippen molar-refractivity contribution in [2.45, 2.75) is 30.6 Å². The van der Waals surface area contributed by atoms with Crippen LogP contribution >= 0.6 is 0 Å². The normalized spacial score (nSPS) is 19.3. The lowest BCUT2D eigenvalue weighted by molar-refractivity contribution is 0.604. The molecule has 3 heteroatoms. The molecule has 0 heterocycles. The maximum atomic E-state index is 12.7. The van der Waals surface area contributed by atoms with Crippen LogP contribution in [0.4, 0.5) is 4.39 Å². The molecular weight excluding hydrogens is 211 g/mol. The predicted molar refractivity (Wildman–Crippen MR) is 59.6 cm³/mol. The van der Waals surface area contributed by atoms with Crippen molar-refractivity contribution in [3.8, 4) is 0 Å². The van der Waals surface area contributed by atoms with Gasteiger partial charge in [-0.3, -0.25) is 4.21 Å². The first-order chi connectivity index (χ1) is 7.25. The van der Waals surface area contributed by atoms with E-state index in [0.29, 0.717) is 5.92 Å². The van der Waals surface area contributed by atoms with Gasteiger partial charge in [-0.15, -0.1) is 0 Å². The van der Waals surface area contributed by atoms with Gasteiger partial charge in [0, 0.05) is 10.6 Å². The van der Waals surface area contributed by atoms with E-state index in [4.69, 9.17) is 0 Å². The van der Waals surface area contributed by atoms with Crippen molar-refractivity contribution >= 4 is 10.8 Å². The van der Waals surface area contributed by atoms with Gasteiger partial charge in [0.05, 0.1) is 10.8 Å². The lowest BCUT2D eigenvalue weighted by atomic mass is 10.1. The molecule has 2 rings (SSSR count). The van der Waals surface area contributed by atoms with Gasteiger partial charge < -0.3 is 0 Å². The Labute approximate surface area is 92.2 Å². The molecule has 1 saturated carbocycles. The van der Waals surface area contributed by atoms with Crippen molar-refractivity contribution in [3.05, 3.63) is 30.1 Å². The molecule has 1 nitrogen and oxygen atoms in total. The lowest BCUT2D eigenvalue weighted by Crippen LogP contribution is -2.07. The molecule has 1 aliphatic rings. The van der Waals surface area contributed by atoms with Crippen LogP contribution in [0, 0.1) is 11.7 Å². The van der Waals surface area contributed by atoms with E-state index in [2.05, 4.69) is 0 Å². The number of halogens is 1. The molecule has 0 aromatic heterocycles. The van der Waals surface area contributed by atoms with Crippen LogP contribution in [0.3, 0.4) is 0 Å². The zero-order chi connectivity index (χ0) is 10.7. The highest BCUT2D eigenvalue weighted by atomic mass is 32.2. The molecule has 1 fully saturated rings. The molecule has 0 N–H and O–H groups in total. The summed E-state index contributed by atoms with van der Waals surface area (Å²) in [6.07, 6.45) is 4.94. The first-order valence-electron chi connectivity index (χ1n) is 5.39. The third-order valence-electron chi connectivity index (χ3n) is 2.94. The number of hydrogen-bond donors (Lipinski definition) is 0. The summed E-state index contributed by atoms with van der Waals surface area (Å²) in [4.78, 5) is 0.753. The van der Waals surface area contributed by atoms with Crippen LogP contribution < -0.4 is 0 Å². The molecule has 0 saturated heterocycles. The van der Waals surface area contributed by atoms with Gasteiger partial charge in [0.15, 0.2) is 0 Å². The van der Waals surface area contributed by atoms with Gasteiger partial charge in [-0.05, 0) is 43.0 Å². The second-order valence-corrected chi connectivity index (χ2v) is 5.61. The Morgan fingerprint density at radius 1 is 1.20 bits per heavy atom. The summed E-state index contributed by atoms with van der Waals surface area (Å²) in [5, 5.41) is 0. The van der Waals surface area contributed by atoms with Gasteiger partial charge in [0.25, 0.3) is 0 Å². The van der Waals surface area contributed by atoms with E-state index >= 15 is 0 Å². The van der Waals surface area contributed by atoms with Gasteiger partial charge >= 0.3 is 0 Å². The van der Waals surface area contributed by atoms with Crippen LogP contribution in [0.25, 0.3) is 0 Å². The molecular formula is C12H15FOS. The van der Waals surface area contributed by atoms with Crippen LogP contribution in [-0.4, -0.2) is 9.96 Å². The molecule has 0 bridgehead atoms. The fourth-order valence-electron chi connectivity index (χ4n) is 2.07. The largest absolute Gasteiger partial charge is 0.254 e. The summed E-state index contributed by atoms with van der Waals surface area (Å²) in [6.45, 7) is 0. The fraction of sp³-hybridized carbons (Fsp3) is 0.500. The minimum atomic E-state index is -0.948. The Balaban J connectivity index is 1.98. The molecule has 1 aliphatic carbocycles. The molecule has 0 spiro atoms. The van der Waals surface area contributed by atoms with Crippen LogP contribution in [0.15, 0.2) is 29.2 Å². The number of hydrogen-bond acceptors (Lipinski definition) is 1. The quantitative estimate of drug-likeness (QED) is 0.774. The molecule has 0 amide bonds. The highest BCUT2D eigenvalue weighted by Crippen LogP contribution is 2.26. The Kier molecular flexibility index (Phi) is 3.52. The summed E-state index contributed by atoms with van der Waals surface area (Å²) in [6, 6.07) is 6.00. The minimum absolute atomic E-state index is 0.267. The molecule has 1 aromatic carbocycles. The smallest absolute Gasteiger partial charge is 0.123 e. The maximum absolute atomic E-state index is 12.7. The Bertz CT molecular complexity index is 341. The standard InChI is InChI=1S/C12H15FOS/c13-11-5-7-12(8-6-11)15(14)9-10-3-1-2-4-10/h5-8,10H,1-4,9H2. The zero-order valence-electron chi connectivity index (χ0n) is 8.62. The minimum Gasteiger partial charge on any atom is -0.254 e. The van der Waals surface area contributed by atoms with Gasteiger partial charge in [-0.1, -0.05) is 12.8 Å². The Hall–Kier alpha value is -0.700. The second kappa shape index (κ2) is 4.88. The summed E-state index contributed by atoms with van der Waals surface area (Å²) in [5.74, 6) is 1.08. The van der Waals surface area contributed by atoms with Gasteiger partial charge in [-0.25, -0.2) is 4.39 Å². The van der Waals surface area contributed by atoms with E-state index in [9.17, 15) is 8.60 Å². The third-order valence-corrected chi connectivity index (χ3v) is 4.51. The monoisotopic (exact) mass is 226 g/mol. The van der Waals surface area contributed by atoms with Crippen LogP contribution in [0.5, 0.6) is 0 Å². The average molecular weight is 226 g/mol. The summed E-state index contributed by atoms with van der Waals surface area (Å²) >= 11 is 0. The predicted octanol–water partition coefficient (Wildman–Crippen LogP) is 3.12. The fourth-order valence-corrected chi connectivity index (χ4v) is 3.47. The van der Waals surface area contributed by atoms with E-state index in [1.165, 1.54) is 37.8 Å². The van der Waals surface area contributed by atoms with E-state index in [1.807, 2.05) is 0 Å². The maximum Gasteiger partial charge on any atom is 0.123 e. The summed E-state index contributed by atoms with van der Waals surface area (Å²) < 4.78 is 24.6. The molecule has 1 aromatic rings. The molecule has 1 unspecified atom stereocenters. The van der Waals surface area contributed by atoms with E-state index in [0.717, 1.165) is 10.6 Å². The first-order valence-corrected chi connectivity index (χ1v) is 6.71. The molecule has 15 heavy (non-hydrogen) atoms. The Morgan fingerprint density at radius 2 is 1.80 bits per heavy atom. The number of benzene rings is 1. The van der Waals surface area contributed by atoms with E-state index in [1.54, 1.807) is 12.1 Å². The third kappa shape index (κ3) is 2.88. The van der Waals surface area contributed by atoms with Crippen molar-refractivity contribution in [1.82, 2.24) is 0 Å². The topological polar surface area (TPSA) is 17.1 Å². The summed E-state index contributed by atoms with van der Waals surface area (Å²) in [7, 11) is -0.948. The molecule has 1 atom stereocenters. The highest BCUT2D eigenvalue weighted by molar-refractivity contribution is 7.85. The van der Waals surface area contributed by atoms with Gasteiger partial charge in [0.1, 0.15) is 5.82 Å². The van der Waals surface area contributed by atoms with Crippen molar-refractivity contribution in [3.63, 3.8) is 0 Å². The van der Waals surface area contributed by atoms with Crippen molar-refractivity contribution in [2.75, 3.05) is 5.75 Å². The van der Waals surface area contributed by atoms with Crippen LogP contribution in [-0.2, 0) is 10.8 Å². The average Bonchev–Trinajstić information content (AvgIpc) is 2.71. The zero-order valence-corrected chi connectivity index (χ0v) is 9.43. The van der Waals surface area contributed by atoms with Gasteiger partial charge in [-0.2, -0.15) is 0 Å². The van der Waals surface area contributed by atoms with E-state index < -0.39 is 10.8 Å². The number of rotatable bonds is 3. The summed E-state index contributed by atoms with van der Waals surface area (Å²) in [5.41, 5.74) is 0. The Morgan fingerprint density at radius 3 is 2.40 bits per heavy atom. The van der Waals surface area contributed by atoms with Crippen molar-refractivity contribution in [2.24, 2.45) is 5.92 Å². The van der Waals surface area contributed by atoms with Crippen molar-refractivity contribution < 1.29 is 8.60 Å². The first kappa shape index (κ1) is 10.8.